The fourth-order valence-corrected chi connectivity index (χ4v) is 3.10. The molecule has 96 valence electrons. The SMILES string of the molecule is Cc1cc(C)c(C(C)NCc2cncs2)c(C)c1. The van der Waals surface area contributed by atoms with E-state index in [9.17, 15) is 0 Å². The summed E-state index contributed by atoms with van der Waals surface area (Å²) in [5.74, 6) is 0. The van der Waals surface area contributed by atoms with Crippen molar-refractivity contribution in [2.45, 2.75) is 40.3 Å². The molecule has 2 rings (SSSR count). The van der Waals surface area contributed by atoms with Crippen molar-refractivity contribution in [1.82, 2.24) is 10.3 Å². The molecule has 2 nitrogen and oxygen atoms in total. The van der Waals surface area contributed by atoms with Crippen LogP contribution in [0.1, 0.15) is 40.1 Å². The molecule has 0 radical (unpaired) electrons. The van der Waals surface area contributed by atoms with Gasteiger partial charge in [0.1, 0.15) is 0 Å². The molecule has 0 fully saturated rings. The van der Waals surface area contributed by atoms with Crippen LogP contribution in [0.2, 0.25) is 0 Å². The van der Waals surface area contributed by atoms with Crippen LogP contribution in [0.4, 0.5) is 0 Å². The van der Waals surface area contributed by atoms with Crippen LogP contribution in [-0.2, 0) is 6.54 Å². The maximum absolute atomic E-state index is 4.10. The highest BCUT2D eigenvalue weighted by Gasteiger charge is 2.11. The standard InChI is InChI=1S/C15H20N2S/c1-10-5-11(2)15(12(3)6-10)13(4)17-8-14-7-16-9-18-14/h5-7,9,13,17H,8H2,1-4H3. The Morgan fingerprint density at radius 1 is 1.22 bits per heavy atom. The first-order valence-electron chi connectivity index (χ1n) is 6.26. The van der Waals surface area contributed by atoms with Crippen molar-refractivity contribution in [3.63, 3.8) is 0 Å². The minimum atomic E-state index is 0.368. The third-order valence-electron chi connectivity index (χ3n) is 3.24. The summed E-state index contributed by atoms with van der Waals surface area (Å²) in [5, 5.41) is 3.57. The van der Waals surface area contributed by atoms with Crippen molar-refractivity contribution < 1.29 is 0 Å². The van der Waals surface area contributed by atoms with Crippen LogP contribution in [0.25, 0.3) is 0 Å². The maximum atomic E-state index is 4.10. The van der Waals surface area contributed by atoms with E-state index in [0.29, 0.717) is 6.04 Å². The number of hydrogen-bond donors (Lipinski definition) is 1. The van der Waals surface area contributed by atoms with E-state index in [2.05, 4.69) is 50.1 Å². The van der Waals surface area contributed by atoms with Crippen molar-refractivity contribution in [2.24, 2.45) is 0 Å². The fraction of sp³-hybridized carbons (Fsp3) is 0.400. The van der Waals surface area contributed by atoms with Crippen LogP contribution >= 0.6 is 11.3 Å². The highest BCUT2D eigenvalue weighted by Crippen LogP contribution is 2.23. The van der Waals surface area contributed by atoms with Crippen molar-refractivity contribution in [2.75, 3.05) is 0 Å². The second kappa shape index (κ2) is 5.63. The number of aryl methyl sites for hydroxylation is 3. The summed E-state index contributed by atoms with van der Waals surface area (Å²) >= 11 is 1.70. The topological polar surface area (TPSA) is 24.9 Å². The van der Waals surface area contributed by atoms with Crippen molar-refractivity contribution in [3.05, 3.63) is 51.0 Å². The normalized spacial score (nSPS) is 12.7. The van der Waals surface area contributed by atoms with Crippen LogP contribution in [0.5, 0.6) is 0 Å². The third kappa shape index (κ3) is 2.98. The van der Waals surface area contributed by atoms with E-state index >= 15 is 0 Å². The zero-order valence-corrected chi connectivity index (χ0v) is 12.3. The Morgan fingerprint density at radius 2 is 1.89 bits per heavy atom. The average molecular weight is 260 g/mol. The summed E-state index contributed by atoms with van der Waals surface area (Å²) in [6.07, 6.45) is 1.93. The van der Waals surface area contributed by atoms with Gasteiger partial charge in [-0.15, -0.1) is 11.3 Å². The molecule has 0 aliphatic heterocycles. The number of nitrogens with zero attached hydrogens (tertiary/aromatic N) is 1. The molecule has 1 aromatic heterocycles. The van der Waals surface area contributed by atoms with Gasteiger partial charge >= 0.3 is 0 Å². The van der Waals surface area contributed by atoms with E-state index < -0.39 is 0 Å². The van der Waals surface area contributed by atoms with Crippen molar-refractivity contribution in [3.8, 4) is 0 Å². The van der Waals surface area contributed by atoms with Gasteiger partial charge in [0.25, 0.3) is 0 Å². The van der Waals surface area contributed by atoms with Crippen molar-refractivity contribution in [1.29, 1.82) is 0 Å². The van der Waals surface area contributed by atoms with Crippen LogP contribution in [0.15, 0.2) is 23.8 Å². The van der Waals surface area contributed by atoms with Gasteiger partial charge in [0.15, 0.2) is 0 Å². The van der Waals surface area contributed by atoms with Gasteiger partial charge in [0.2, 0.25) is 0 Å². The Hall–Kier alpha value is -1.19. The van der Waals surface area contributed by atoms with Gasteiger partial charge in [-0.3, -0.25) is 4.98 Å². The highest BCUT2D eigenvalue weighted by atomic mass is 32.1. The van der Waals surface area contributed by atoms with Crippen LogP contribution in [0.3, 0.4) is 0 Å². The predicted octanol–water partition coefficient (Wildman–Crippen LogP) is 3.92. The molecule has 0 amide bonds. The summed E-state index contributed by atoms with van der Waals surface area (Å²) in [4.78, 5) is 5.38. The first-order valence-corrected chi connectivity index (χ1v) is 7.14. The van der Waals surface area contributed by atoms with Gasteiger partial charge in [-0.05, 0) is 44.4 Å². The van der Waals surface area contributed by atoms with Gasteiger partial charge in [0.05, 0.1) is 5.51 Å². The summed E-state index contributed by atoms with van der Waals surface area (Å²) in [5.41, 5.74) is 7.38. The van der Waals surface area contributed by atoms with E-state index in [4.69, 9.17) is 0 Å². The Bertz CT molecular complexity index is 494. The number of aromatic nitrogens is 1. The van der Waals surface area contributed by atoms with E-state index in [1.165, 1.54) is 27.1 Å². The highest BCUT2D eigenvalue weighted by molar-refractivity contribution is 7.09. The number of hydrogen-bond acceptors (Lipinski definition) is 3. The third-order valence-corrected chi connectivity index (χ3v) is 4.02. The van der Waals surface area contributed by atoms with Gasteiger partial charge in [-0.2, -0.15) is 0 Å². The van der Waals surface area contributed by atoms with Gasteiger partial charge in [-0.25, -0.2) is 0 Å². The van der Waals surface area contributed by atoms with Crippen LogP contribution in [-0.4, -0.2) is 4.98 Å². The molecule has 0 saturated carbocycles. The minimum Gasteiger partial charge on any atom is -0.305 e. The summed E-state index contributed by atoms with van der Waals surface area (Å²) < 4.78 is 0. The Morgan fingerprint density at radius 3 is 2.44 bits per heavy atom. The molecule has 0 aliphatic carbocycles. The molecular weight excluding hydrogens is 240 g/mol. The molecule has 0 spiro atoms. The molecule has 0 bridgehead atoms. The number of benzene rings is 1. The van der Waals surface area contributed by atoms with E-state index in [1.807, 2.05) is 11.7 Å². The minimum absolute atomic E-state index is 0.368. The zero-order chi connectivity index (χ0) is 13.1. The summed E-state index contributed by atoms with van der Waals surface area (Å²) in [7, 11) is 0. The summed E-state index contributed by atoms with van der Waals surface area (Å²) in [6.45, 7) is 9.66. The van der Waals surface area contributed by atoms with E-state index in [1.54, 1.807) is 11.3 Å². The number of nitrogens with one attached hydrogen (secondary N) is 1. The predicted molar refractivity (Wildman–Crippen MR) is 78.0 cm³/mol. The lowest BCUT2D eigenvalue weighted by Gasteiger charge is -2.19. The van der Waals surface area contributed by atoms with Crippen LogP contribution < -0.4 is 5.32 Å². The first kappa shape index (κ1) is 13.2. The molecular formula is C15H20N2S. The molecule has 1 aromatic carbocycles. The van der Waals surface area contributed by atoms with Gasteiger partial charge in [-0.1, -0.05) is 17.7 Å². The molecule has 18 heavy (non-hydrogen) atoms. The second-order valence-corrected chi connectivity index (χ2v) is 5.85. The quantitative estimate of drug-likeness (QED) is 0.901. The molecule has 1 N–H and O–H groups in total. The molecule has 2 aromatic rings. The zero-order valence-electron chi connectivity index (χ0n) is 11.4. The lowest BCUT2D eigenvalue weighted by Crippen LogP contribution is -2.19. The Kier molecular flexibility index (Phi) is 4.15. The first-order chi connectivity index (χ1) is 8.58. The molecule has 1 atom stereocenters. The number of thiazole rings is 1. The van der Waals surface area contributed by atoms with E-state index in [-0.39, 0.29) is 0 Å². The average Bonchev–Trinajstić information content (AvgIpc) is 2.77. The smallest absolute Gasteiger partial charge is 0.0794 e. The lowest BCUT2D eigenvalue weighted by molar-refractivity contribution is 0.573. The maximum Gasteiger partial charge on any atom is 0.0794 e. The van der Waals surface area contributed by atoms with Crippen molar-refractivity contribution >= 4 is 11.3 Å². The Balaban J connectivity index is 2.11. The van der Waals surface area contributed by atoms with Gasteiger partial charge in [0, 0.05) is 23.7 Å². The fourth-order valence-electron chi connectivity index (χ4n) is 2.56. The monoisotopic (exact) mass is 260 g/mol. The molecule has 1 unspecified atom stereocenters. The van der Waals surface area contributed by atoms with Gasteiger partial charge < -0.3 is 5.32 Å². The summed E-state index contributed by atoms with van der Waals surface area (Å²) in [6, 6.07) is 4.88. The number of rotatable bonds is 4. The largest absolute Gasteiger partial charge is 0.305 e. The molecule has 1 heterocycles. The Labute approximate surface area is 113 Å². The lowest BCUT2D eigenvalue weighted by atomic mass is 9.95. The molecule has 0 saturated heterocycles. The molecule has 3 heteroatoms. The van der Waals surface area contributed by atoms with E-state index in [0.717, 1.165) is 6.54 Å². The molecule has 0 aliphatic rings. The van der Waals surface area contributed by atoms with Crippen LogP contribution in [0, 0.1) is 20.8 Å². The second-order valence-electron chi connectivity index (χ2n) is 4.88.